The molecule has 0 saturated carbocycles. The molecule has 1 unspecified atom stereocenters. The molecule has 0 amide bonds. The number of H-pyrrole nitrogens is 1. The number of hydrogen-bond acceptors (Lipinski definition) is 2. The first kappa shape index (κ1) is 10.1. The van der Waals surface area contributed by atoms with Gasteiger partial charge in [-0.25, -0.2) is 0 Å². The number of aromatic amines is 1. The van der Waals surface area contributed by atoms with Gasteiger partial charge in [-0.3, -0.25) is 0 Å². The van der Waals surface area contributed by atoms with Gasteiger partial charge in [-0.15, -0.1) is 0 Å². The van der Waals surface area contributed by atoms with Gasteiger partial charge in [0.05, 0.1) is 6.04 Å². The zero-order valence-electron chi connectivity index (χ0n) is 8.89. The lowest BCUT2D eigenvalue weighted by Crippen LogP contribution is -2.34. The molecule has 0 bridgehead atoms. The molecule has 84 valence electrons. The number of benzene rings is 1. The monoisotopic (exact) mass is 235 g/mol. The molecule has 2 aromatic rings. The summed E-state index contributed by atoms with van der Waals surface area (Å²) in [7, 11) is 0. The molecule has 0 fully saturated rings. The number of halogens is 1. The lowest BCUT2D eigenvalue weighted by molar-refractivity contribution is 0.505. The van der Waals surface area contributed by atoms with Gasteiger partial charge in [-0.05, 0) is 36.7 Å². The van der Waals surface area contributed by atoms with Crippen LogP contribution in [-0.2, 0) is 6.42 Å². The Morgan fingerprint density at radius 3 is 3.12 bits per heavy atom. The average Bonchev–Trinajstić information content (AvgIpc) is 2.67. The standard InChI is InChI=1S/C12H14ClN3/c13-7-1-2-10-9(5-7)8-3-4-15-11(6-14)12(8)16-10/h1-2,5,11,15-16H,3-4,6,14H2. The maximum absolute atomic E-state index is 6.03. The number of nitrogens with one attached hydrogen (secondary N) is 2. The highest BCUT2D eigenvalue weighted by molar-refractivity contribution is 6.31. The zero-order valence-corrected chi connectivity index (χ0v) is 9.64. The van der Waals surface area contributed by atoms with E-state index >= 15 is 0 Å². The molecule has 1 aromatic heterocycles. The molecule has 2 heterocycles. The van der Waals surface area contributed by atoms with E-state index < -0.39 is 0 Å². The maximum atomic E-state index is 6.03. The Labute approximate surface area is 99.0 Å². The van der Waals surface area contributed by atoms with E-state index in [2.05, 4.69) is 10.3 Å². The first-order chi connectivity index (χ1) is 7.79. The van der Waals surface area contributed by atoms with Crippen molar-refractivity contribution >= 4 is 22.5 Å². The summed E-state index contributed by atoms with van der Waals surface area (Å²) in [5.41, 5.74) is 9.51. The Hall–Kier alpha value is -1.03. The molecule has 16 heavy (non-hydrogen) atoms. The van der Waals surface area contributed by atoms with Gasteiger partial charge >= 0.3 is 0 Å². The van der Waals surface area contributed by atoms with Crippen LogP contribution in [0, 0.1) is 0 Å². The lowest BCUT2D eigenvalue weighted by Gasteiger charge is -2.22. The number of aromatic nitrogens is 1. The minimum atomic E-state index is 0.245. The number of hydrogen-bond donors (Lipinski definition) is 3. The van der Waals surface area contributed by atoms with Crippen LogP contribution in [0.25, 0.3) is 10.9 Å². The van der Waals surface area contributed by atoms with E-state index in [-0.39, 0.29) is 6.04 Å². The Morgan fingerprint density at radius 2 is 2.31 bits per heavy atom. The molecule has 4 heteroatoms. The fourth-order valence-corrected chi connectivity index (χ4v) is 2.65. The summed E-state index contributed by atoms with van der Waals surface area (Å²) in [6.45, 7) is 1.60. The van der Waals surface area contributed by atoms with Crippen molar-refractivity contribution in [3.8, 4) is 0 Å². The van der Waals surface area contributed by atoms with Crippen molar-refractivity contribution in [2.45, 2.75) is 12.5 Å². The predicted molar refractivity (Wildman–Crippen MR) is 66.8 cm³/mol. The third-order valence-corrected chi connectivity index (χ3v) is 3.49. The Balaban J connectivity index is 2.24. The topological polar surface area (TPSA) is 53.8 Å². The molecule has 1 aromatic carbocycles. The van der Waals surface area contributed by atoms with Crippen LogP contribution in [0.4, 0.5) is 0 Å². The van der Waals surface area contributed by atoms with Crippen molar-refractivity contribution in [3.63, 3.8) is 0 Å². The van der Waals surface area contributed by atoms with Crippen LogP contribution in [0.15, 0.2) is 18.2 Å². The van der Waals surface area contributed by atoms with E-state index in [1.807, 2.05) is 18.2 Å². The van der Waals surface area contributed by atoms with Gasteiger partial charge in [0, 0.05) is 28.2 Å². The third-order valence-electron chi connectivity index (χ3n) is 3.25. The predicted octanol–water partition coefficient (Wildman–Crippen LogP) is 1.97. The summed E-state index contributed by atoms with van der Waals surface area (Å²) in [5, 5.41) is 5.44. The second-order valence-corrected chi connectivity index (χ2v) is 4.64. The van der Waals surface area contributed by atoms with Crippen LogP contribution >= 0.6 is 11.6 Å². The summed E-state index contributed by atoms with van der Waals surface area (Å²) in [4.78, 5) is 3.44. The zero-order chi connectivity index (χ0) is 11.1. The van der Waals surface area contributed by atoms with Crippen molar-refractivity contribution in [1.29, 1.82) is 0 Å². The van der Waals surface area contributed by atoms with Crippen LogP contribution in [0.1, 0.15) is 17.3 Å². The minimum absolute atomic E-state index is 0.245. The Bertz CT molecular complexity index is 532. The fourth-order valence-electron chi connectivity index (χ4n) is 2.48. The SMILES string of the molecule is NCC1NCCc2c1[nH]c1ccc(Cl)cc21. The maximum Gasteiger partial charge on any atom is 0.0600 e. The van der Waals surface area contributed by atoms with Crippen LogP contribution in [0.3, 0.4) is 0 Å². The number of nitrogens with two attached hydrogens (primary N) is 1. The van der Waals surface area contributed by atoms with Crippen molar-refractivity contribution in [2.75, 3.05) is 13.1 Å². The smallest absolute Gasteiger partial charge is 0.0600 e. The first-order valence-electron chi connectivity index (χ1n) is 5.53. The molecule has 3 nitrogen and oxygen atoms in total. The highest BCUT2D eigenvalue weighted by Gasteiger charge is 2.22. The normalized spacial score (nSPS) is 20.0. The molecule has 1 aliphatic rings. The number of rotatable bonds is 1. The summed E-state index contributed by atoms with van der Waals surface area (Å²) in [6.07, 6.45) is 1.03. The van der Waals surface area contributed by atoms with Gasteiger partial charge < -0.3 is 16.0 Å². The Morgan fingerprint density at radius 1 is 1.44 bits per heavy atom. The van der Waals surface area contributed by atoms with E-state index in [1.54, 1.807) is 0 Å². The van der Waals surface area contributed by atoms with Crippen LogP contribution < -0.4 is 11.1 Å². The molecular formula is C12H14ClN3. The second kappa shape index (κ2) is 3.77. The lowest BCUT2D eigenvalue weighted by atomic mass is 9.99. The van der Waals surface area contributed by atoms with Crippen molar-refractivity contribution in [3.05, 3.63) is 34.5 Å². The van der Waals surface area contributed by atoms with Crippen molar-refractivity contribution in [1.82, 2.24) is 10.3 Å². The highest BCUT2D eigenvalue weighted by Crippen LogP contribution is 2.31. The minimum Gasteiger partial charge on any atom is -0.357 e. The summed E-state index contributed by atoms with van der Waals surface area (Å²) in [5.74, 6) is 0. The average molecular weight is 236 g/mol. The van der Waals surface area contributed by atoms with Gasteiger partial charge in [-0.1, -0.05) is 11.6 Å². The molecule has 0 spiro atoms. The van der Waals surface area contributed by atoms with E-state index in [9.17, 15) is 0 Å². The van der Waals surface area contributed by atoms with E-state index in [1.165, 1.54) is 16.6 Å². The van der Waals surface area contributed by atoms with Gasteiger partial charge in [0.2, 0.25) is 0 Å². The third kappa shape index (κ3) is 1.44. The fraction of sp³-hybridized carbons (Fsp3) is 0.333. The number of fused-ring (bicyclic) bond motifs is 3. The summed E-state index contributed by atoms with van der Waals surface area (Å²) >= 11 is 6.03. The van der Waals surface area contributed by atoms with E-state index in [0.29, 0.717) is 6.54 Å². The van der Waals surface area contributed by atoms with Gasteiger partial charge in [0.25, 0.3) is 0 Å². The highest BCUT2D eigenvalue weighted by atomic mass is 35.5. The molecule has 4 N–H and O–H groups in total. The molecular weight excluding hydrogens is 222 g/mol. The van der Waals surface area contributed by atoms with Crippen LogP contribution in [0.5, 0.6) is 0 Å². The van der Waals surface area contributed by atoms with E-state index in [4.69, 9.17) is 17.3 Å². The van der Waals surface area contributed by atoms with Gasteiger partial charge in [0.1, 0.15) is 0 Å². The molecule has 0 radical (unpaired) electrons. The summed E-state index contributed by atoms with van der Waals surface area (Å²) < 4.78 is 0. The van der Waals surface area contributed by atoms with Gasteiger partial charge in [0.15, 0.2) is 0 Å². The second-order valence-electron chi connectivity index (χ2n) is 4.20. The quantitative estimate of drug-likeness (QED) is 0.708. The van der Waals surface area contributed by atoms with E-state index in [0.717, 1.165) is 23.5 Å². The Kier molecular flexibility index (Phi) is 2.39. The summed E-state index contributed by atoms with van der Waals surface area (Å²) in [6, 6.07) is 6.22. The van der Waals surface area contributed by atoms with Crippen LogP contribution in [0.2, 0.25) is 5.02 Å². The molecule has 0 aliphatic carbocycles. The van der Waals surface area contributed by atoms with Crippen molar-refractivity contribution in [2.24, 2.45) is 5.73 Å². The molecule has 0 saturated heterocycles. The molecule has 1 atom stereocenters. The van der Waals surface area contributed by atoms with Gasteiger partial charge in [-0.2, -0.15) is 0 Å². The largest absolute Gasteiger partial charge is 0.357 e. The van der Waals surface area contributed by atoms with Crippen LogP contribution in [-0.4, -0.2) is 18.1 Å². The first-order valence-corrected chi connectivity index (χ1v) is 5.91. The molecule has 1 aliphatic heterocycles. The molecule has 3 rings (SSSR count). The van der Waals surface area contributed by atoms with Crippen molar-refractivity contribution < 1.29 is 0 Å².